The van der Waals surface area contributed by atoms with Crippen molar-refractivity contribution in [2.75, 3.05) is 198 Å². The predicted octanol–water partition coefficient (Wildman–Crippen LogP) is 13.2. The van der Waals surface area contributed by atoms with Gasteiger partial charge in [-0.05, 0) is 206 Å². The number of hydrogen-bond donors (Lipinski definition) is 0. The van der Waals surface area contributed by atoms with Gasteiger partial charge in [-0.25, -0.2) is 9.59 Å². The van der Waals surface area contributed by atoms with Crippen LogP contribution < -0.4 is 0 Å². The average Bonchev–Trinajstić information content (AvgIpc) is 3.50. The fourth-order valence-electron chi connectivity index (χ4n) is 7.92. The molecule has 0 N–H and O–H groups in total. The summed E-state index contributed by atoms with van der Waals surface area (Å²) < 4.78 is 90.7. The molecule has 0 amide bonds. The molecule has 0 unspecified atom stereocenters. The van der Waals surface area contributed by atoms with Gasteiger partial charge in [-0.15, -0.1) is 0 Å². The maximum absolute atomic E-state index is 11.3. The Hall–Kier alpha value is -2.14. The zero-order valence-corrected chi connectivity index (χ0v) is 55.2. The van der Waals surface area contributed by atoms with Crippen molar-refractivity contribution in [2.45, 2.75) is 206 Å². The first kappa shape index (κ1) is 83.9. The van der Waals surface area contributed by atoms with E-state index in [9.17, 15) is 9.59 Å². The van der Waals surface area contributed by atoms with Gasteiger partial charge < -0.3 is 75.8 Å². The number of unbranched alkanes of at least 4 members (excludes halogenated alkanes) is 15. The summed E-state index contributed by atoms with van der Waals surface area (Å²) in [4.78, 5) is 22.6. The Morgan fingerprint density at radius 3 is 0.337 bits per heavy atom. The van der Waals surface area contributed by atoms with E-state index in [-0.39, 0.29) is 11.9 Å². The molecule has 0 atom stereocenters. The van der Waals surface area contributed by atoms with Crippen LogP contribution in [0.1, 0.15) is 206 Å². The van der Waals surface area contributed by atoms with Crippen LogP contribution in [0.5, 0.6) is 0 Å². The Kier molecular flexibility index (Phi) is 73.4. The number of hydrogen-bond acceptors (Lipinski definition) is 18. The van der Waals surface area contributed by atoms with Crippen LogP contribution in [0.4, 0.5) is 0 Å². The van der Waals surface area contributed by atoms with E-state index >= 15 is 0 Å². The third-order valence-corrected chi connectivity index (χ3v) is 13.3. The minimum Gasteiger partial charge on any atom is -0.462 e. The predicted molar refractivity (Wildman–Crippen MR) is 342 cm³/mol. The molecule has 0 rings (SSSR count). The lowest BCUT2D eigenvalue weighted by molar-refractivity contribution is -0.140. The van der Waals surface area contributed by atoms with Gasteiger partial charge in [-0.3, -0.25) is 0 Å². The van der Waals surface area contributed by atoms with Crippen molar-refractivity contribution in [1.82, 2.24) is 0 Å². The summed E-state index contributed by atoms with van der Waals surface area (Å²) in [5.41, 5.74) is 0.868. The van der Waals surface area contributed by atoms with Crippen molar-refractivity contribution < 1.29 is 85.4 Å². The Labute approximate surface area is 524 Å². The molecule has 0 aromatic heterocycles. The van der Waals surface area contributed by atoms with E-state index < -0.39 is 0 Å². The van der Waals surface area contributed by atoms with Gasteiger partial charge in [0.1, 0.15) is 0 Å². The second-order valence-corrected chi connectivity index (χ2v) is 22.0. The Morgan fingerprint density at radius 2 is 0.256 bits per heavy atom. The van der Waals surface area contributed by atoms with Crippen molar-refractivity contribution in [3.63, 3.8) is 0 Å². The van der Waals surface area contributed by atoms with Gasteiger partial charge in [0, 0.05) is 196 Å². The highest BCUT2D eigenvalue weighted by Gasteiger charge is 2.05. The summed E-state index contributed by atoms with van der Waals surface area (Å²) in [7, 11) is 0. The lowest BCUT2D eigenvalue weighted by atomic mass is 10.3. The Balaban J connectivity index is 3.10. The molecule has 18 heteroatoms. The van der Waals surface area contributed by atoms with Crippen LogP contribution in [-0.4, -0.2) is 210 Å². The smallest absolute Gasteiger partial charge is 0.333 e. The van der Waals surface area contributed by atoms with Crippen molar-refractivity contribution in [1.29, 1.82) is 0 Å². The highest BCUT2D eigenvalue weighted by atomic mass is 16.5. The first-order valence-corrected chi connectivity index (χ1v) is 34.2. The van der Waals surface area contributed by atoms with Gasteiger partial charge >= 0.3 is 11.9 Å². The van der Waals surface area contributed by atoms with Crippen LogP contribution in [0.25, 0.3) is 0 Å². The van der Waals surface area contributed by atoms with Crippen molar-refractivity contribution in [2.24, 2.45) is 0 Å². The van der Waals surface area contributed by atoms with E-state index in [0.29, 0.717) is 37.6 Å². The molecular weight excluding hydrogens is 1100 g/mol. The summed E-state index contributed by atoms with van der Waals surface area (Å²) >= 11 is 0. The standard InChI is InChI=1S/C68H130O18/c1-65(2)67(69)85-63-33-31-61-83-59-29-27-57-81-55-25-23-53-79-51-21-19-49-77-47-17-15-45-75-43-13-11-41-73-39-9-7-37-71-35-5-6-36-72-38-8-10-40-74-42-12-14-44-76-46-16-18-48-78-50-20-22-52-80-54-24-26-56-82-58-28-30-60-84-62-32-34-64-86-68(70)66(3)4/h1,3,5-64H2,2,4H3. The quantitative estimate of drug-likeness (QED) is 0.0318. The van der Waals surface area contributed by atoms with E-state index in [1.54, 1.807) is 13.8 Å². The number of rotatable bonds is 77. The molecule has 0 aliphatic carbocycles. The van der Waals surface area contributed by atoms with Crippen LogP contribution in [0.15, 0.2) is 24.3 Å². The Bertz CT molecular complexity index is 1280. The minimum atomic E-state index is -0.325. The number of esters is 2. The Morgan fingerprint density at radius 1 is 0.174 bits per heavy atom. The molecule has 0 aromatic rings. The average molecular weight is 1240 g/mol. The third kappa shape index (κ3) is 74.3. The van der Waals surface area contributed by atoms with Crippen LogP contribution in [-0.2, 0) is 85.4 Å². The van der Waals surface area contributed by atoms with Gasteiger partial charge in [-0.1, -0.05) is 13.2 Å². The largest absolute Gasteiger partial charge is 0.462 e. The molecular formula is C68H130O18. The maximum atomic E-state index is 11.3. The lowest BCUT2D eigenvalue weighted by Gasteiger charge is -2.08. The minimum absolute atomic E-state index is 0.325. The van der Waals surface area contributed by atoms with Crippen LogP contribution >= 0.6 is 0 Å². The van der Waals surface area contributed by atoms with Crippen LogP contribution in [0.3, 0.4) is 0 Å². The third-order valence-electron chi connectivity index (χ3n) is 13.3. The fraction of sp³-hybridized carbons (Fsp3) is 0.912. The summed E-state index contributed by atoms with van der Waals surface area (Å²) in [6, 6.07) is 0. The molecule has 0 bridgehead atoms. The molecule has 0 heterocycles. The van der Waals surface area contributed by atoms with Gasteiger partial charge in [0.05, 0.1) is 13.2 Å². The van der Waals surface area contributed by atoms with Gasteiger partial charge in [-0.2, -0.15) is 0 Å². The molecule has 0 saturated heterocycles. The summed E-state index contributed by atoms with van der Waals surface area (Å²) in [5, 5.41) is 0. The van der Waals surface area contributed by atoms with Crippen LogP contribution in [0.2, 0.25) is 0 Å². The second kappa shape index (κ2) is 75.3. The molecule has 0 saturated carbocycles. The van der Waals surface area contributed by atoms with E-state index in [1.165, 1.54) is 0 Å². The zero-order chi connectivity index (χ0) is 62.0. The number of carbonyl (C=O) groups is 2. The molecule has 0 radical (unpaired) electrons. The highest BCUT2D eigenvalue weighted by molar-refractivity contribution is 5.87. The first-order valence-electron chi connectivity index (χ1n) is 34.2. The second-order valence-electron chi connectivity index (χ2n) is 22.0. The summed E-state index contributed by atoms with van der Waals surface area (Å²) in [5.74, 6) is -0.649. The molecule has 0 fully saturated rings. The van der Waals surface area contributed by atoms with Gasteiger partial charge in [0.15, 0.2) is 0 Å². The molecule has 0 spiro atoms. The van der Waals surface area contributed by atoms with Crippen molar-refractivity contribution in [3.05, 3.63) is 24.3 Å². The fourth-order valence-corrected chi connectivity index (χ4v) is 7.92. The SMILES string of the molecule is C=C(C)C(=O)OCCCCOCCCCOCCCCOCCCCOCCCCOCCCCOCCCCOCCCCOCCCCOCCCCOCCCCOCCCCOCCCCOCCCCOCCCCOC(=O)C(=C)C. The van der Waals surface area contributed by atoms with Crippen molar-refractivity contribution >= 4 is 11.9 Å². The summed E-state index contributed by atoms with van der Waals surface area (Å²) in [6.45, 7) is 33.1. The van der Waals surface area contributed by atoms with Gasteiger partial charge in [0.25, 0.3) is 0 Å². The van der Waals surface area contributed by atoms with Crippen molar-refractivity contribution in [3.8, 4) is 0 Å². The van der Waals surface area contributed by atoms with E-state index in [1.807, 2.05) is 0 Å². The lowest BCUT2D eigenvalue weighted by Crippen LogP contribution is -2.07. The van der Waals surface area contributed by atoms with E-state index in [0.717, 1.165) is 364 Å². The highest BCUT2D eigenvalue weighted by Crippen LogP contribution is 2.06. The van der Waals surface area contributed by atoms with Crippen LogP contribution in [0, 0.1) is 0 Å². The van der Waals surface area contributed by atoms with Gasteiger partial charge in [0.2, 0.25) is 0 Å². The molecule has 86 heavy (non-hydrogen) atoms. The van der Waals surface area contributed by atoms with E-state index in [2.05, 4.69) is 13.2 Å². The first-order chi connectivity index (χ1) is 42.4. The normalized spacial score (nSPS) is 11.5. The topological polar surface area (TPSA) is 182 Å². The molecule has 510 valence electrons. The monoisotopic (exact) mass is 1230 g/mol. The zero-order valence-electron chi connectivity index (χ0n) is 55.2. The van der Waals surface area contributed by atoms with E-state index in [4.69, 9.17) is 75.8 Å². The number of ether oxygens (including phenoxy) is 16. The maximum Gasteiger partial charge on any atom is 0.333 e. The summed E-state index contributed by atoms with van der Waals surface area (Å²) in [6.07, 6.45) is 30.1. The number of carbonyl (C=O) groups excluding carboxylic acids is 2. The molecule has 0 aromatic carbocycles. The molecule has 18 nitrogen and oxygen atoms in total. The molecule has 0 aliphatic heterocycles. The molecule has 0 aliphatic rings.